The van der Waals surface area contributed by atoms with Crippen molar-refractivity contribution in [3.05, 3.63) is 24.0 Å². The SMILES string of the molecule is CC(C)(C)OC=O.CN1CC(CCCN(Cc2nn[nH]n2)c2cccc(SN)n2)CC1(C)C. The number of carbonyl (C=O) groups is 1. The summed E-state index contributed by atoms with van der Waals surface area (Å²) in [6.07, 6.45) is 3.57. The molecule has 11 heteroatoms. The zero-order chi connectivity index (χ0) is 24.5. The first kappa shape index (κ1) is 27.0. The summed E-state index contributed by atoms with van der Waals surface area (Å²) in [6.45, 7) is 13.2. The third kappa shape index (κ3) is 9.26. The maximum Gasteiger partial charge on any atom is 0.293 e. The minimum absolute atomic E-state index is 0.309. The highest BCUT2D eigenvalue weighted by molar-refractivity contribution is 7.97. The second-order valence-corrected chi connectivity index (χ2v) is 10.6. The largest absolute Gasteiger partial charge is 0.462 e. The Morgan fingerprint density at radius 1 is 1.39 bits per heavy atom. The molecule has 3 rings (SSSR count). The molecule has 1 aliphatic heterocycles. The number of H-pyrrole nitrogens is 1. The van der Waals surface area contributed by atoms with Crippen LogP contribution in [0.2, 0.25) is 0 Å². The van der Waals surface area contributed by atoms with Crippen molar-refractivity contribution in [1.82, 2.24) is 30.5 Å². The summed E-state index contributed by atoms with van der Waals surface area (Å²) < 4.78 is 4.55. The summed E-state index contributed by atoms with van der Waals surface area (Å²) in [5.41, 5.74) is -0.00896. The number of hydrogen-bond donors (Lipinski definition) is 2. The molecule has 0 bridgehead atoms. The summed E-state index contributed by atoms with van der Waals surface area (Å²) >= 11 is 1.16. The highest BCUT2D eigenvalue weighted by atomic mass is 32.2. The Kier molecular flexibility index (Phi) is 10.1. The molecule has 3 N–H and O–H groups in total. The van der Waals surface area contributed by atoms with Gasteiger partial charge in [-0.3, -0.25) is 9.93 Å². The van der Waals surface area contributed by atoms with Gasteiger partial charge in [0.25, 0.3) is 6.47 Å². The highest BCUT2D eigenvalue weighted by Crippen LogP contribution is 2.33. The number of aromatic nitrogens is 5. The Morgan fingerprint density at radius 3 is 2.67 bits per heavy atom. The first-order chi connectivity index (χ1) is 15.5. The van der Waals surface area contributed by atoms with E-state index in [4.69, 9.17) is 5.14 Å². The molecule has 0 spiro atoms. The molecular formula is C22H38N8O2S. The molecule has 33 heavy (non-hydrogen) atoms. The topological polar surface area (TPSA) is 126 Å². The average molecular weight is 479 g/mol. The van der Waals surface area contributed by atoms with Crippen LogP contribution in [0.3, 0.4) is 0 Å². The maximum absolute atomic E-state index is 9.60. The van der Waals surface area contributed by atoms with E-state index in [-0.39, 0.29) is 5.60 Å². The van der Waals surface area contributed by atoms with Gasteiger partial charge in [0.15, 0.2) is 5.82 Å². The molecule has 0 aliphatic carbocycles. The molecule has 1 aliphatic rings. The molecule has 184 valence electrons. The van der Waals surface area contributed by atoms with Crippen molar-refractivity contribution in [2.45, 2.75) is 76.6 Å². The van der Waals surface area contributed by atoms with E-state index >= 15 is 0 Å². The summed E-state index contributed by atoms with van der Waals surface area (Å²) in [4.78, 5) is 18.9. The Bertz CT molecular complexity index is 841. The fourth-order valence-corrected chi connectivity index (χ4v) is 4.11. The molecule has 1 unspecified atom stereocenters. The fraction of sp³-hybridized carbons (Fsp3) is 0.682. The van der Waals surface area contributed by atoms with Crippen LogP contribution in [0.4, 0.5) is 5.82 Å². The lowest BCUT2D eigenvalue weighted by Crippen LogP contribution is -2.34. The number of nitrogens with one attached hydrogen (secondary N) is 1. The first-order valence-electron chi connectivity index (χ1n) is 11.2. The van der Waals surface area contributed by atoms with Gasteiger partial charge in [0.05, 0.1) is 6.54 Å². The predicted molar refractivity (Wildman–Crippen MR) is 130 cm³/mol. The molecule has 10 nitrogen and oxygen atoms in total. The van der Waals surface area contributed by atoms with Crippen molar-refractivity contribution < 1.29 is 9.53 Å². The number of nitrogens with two attached hydrogens (primary N) is 1. The van der Waals surface area contributed by atoms with E-state index in [0.29, 0.717) is 24.4 Å². The molecule has 1 saturated heterocycles. The molecule has 3 heterocycles. The van der Waals surface area contributed by atoms with Crippen molar-refractivity contribution in [2.75, 3.05) is 25.0 Å². The van der Waals surface area contributed by atoms with E-state index in [1.807, 2.05) is 39.0 Å². The van der Waals surface area contributed by atoms with Gasteiger partial charge in [0.2, 0.25) is 0 Å². The quantitative estimate of drug-likeness (QED) is 0.410. The Hall–Kier alpha value is -2.24. The van der Waals surface area contributed by atoms with Gasteiger partial charge in [-0.2, -0.15) is 5.21 Å². The van der Waals surface area contributed by atoms with Crippen LogP contribution in [0, 0.1) is 5.92 Å². The molecule has 2 aromatic rings. The van der Waals surface area contributed by atoms with Crippen LogP contribution in [0.25, 0.3) is 0 Å². The third-order valence-corrected chi connectivity index (χ3v) is 6.14. The minimum Gasteiger partial charge on any atom is -0.462 e. The highest BCUT2D eigenvalue weighted by Gasteiger charge is 2.35. The van der Waals surface area contributed by atoms with Gasteiger partial charge in [-0.15, -0.1) is 10.2 Å². The summed E-state index contributed by atoms with van der Waals surface area (Å²) in [5, 5.41) is 20.8. The lowest BCUT2D eigenvalue weighted by molar-refractivity contribution is -0.138. The first-order valence-corrected chi connectivity index (χ1v) is 12.1. The Labute approximate surface area is 201 Å². The van der Waals surface area contributed by atoms with Crippen molar-refractivity contribution in [3.8, 4) is 0 Å². The zero-order valence-electron chi connectivity index (χ0n) is 20.6. The third-order valence-electron chi connectivity index (χ3n) is 5.67. The van der Waals surface area contributed by atoms with E-state index in [2.05, 4.69) is 61.0 Å². The molecular weight excluding hydrogens is 440 g/mol. The number of anilines is 1. The van der Waals surface area contributed by atoms with Gasteiger partial charge >= 0.3 is 0 Å². The number of aromatic amines is 1. The van der Waals surface area contributed by atoms with Gasteiger partial charge in [0, 0.05) is 18.6 Å². The van der Waals surface area contributed by atoms with Crippen LogP contribution >= 0.6 is 11.9 Å². The van der Waals surface area contributed by atoms with Crippen LogP contribution in [0.15, 0.2) is 23.2 Å². The van der Waals surface area contributed by atoms with Crippen LogP contribution in [0.5, 0.6) is 0 Å². The normalized spacial score (nSPS) is 17.8. The van der Waals surface area contributed by atoms with Crippen LogP contribution in [0.1, 0.15) is 59.7 Å². The maximum atomic E-state index is 9.60. The van der Waals surface area contributed by atoms with Crippen molar-refractivity contribution >= 4 is 24.2 Å². The van der Waals surface area contributed by atoms with Gasteiger partial charge in [0.1, 0.15) is 16.4 Å². The Morgan fingerprint density at radius 2 is 2.15 bits per heavy atom. The molecule has 2 aromatic heterocycles. The standard InChI is InChI=1S/C17H28N8S.C5H10O2/c1-17(2)10-13(11-24(17)3)6-5-9-25(12-14-20-22-23-21-14)15-7-4-8-16(19-15)26-18;1-5(2,3)7-4-6/h4,7-8,13H,5-6,9-12,18H2,1-3H3,(H,20,21,22,23);4H,1-3H3. The number of carbonyl (C=O) groups excluding carboxylic acids is 1. The molecule has 1 fully saturated rings. The minimum atomic E-state index is -0.318. The van der Waals surface area contributed by atoms with Crippen LogP contribution < -0.4 is 10.0 Å². The van der Waals surface area contributed by atoms with Crippen LogP contribution in [-0.4, -0.2) is 68.3 Å². The number of nitrogens with zero attached hydrogens (tertiary/aromatic N) is 6. The smallest absolute Gasteiger partial charge is 0.293 e. The van der Waals surface area contributed by atoms with Crippen molar-refractivity contribution in [3.63, 3.8) is 0 Å². The Balaban J connectivity index is 0.000000479. The summed E-state index contributed by atoms with van der Waals surface area (Å²) in [5.74, 6) is 2.31. The number of hydrogen-bond acceptors (Lipinski definition) is 10. The van der Waals surface area contributed by atoms with Gasteiger partial charge in [-0.1, -0.05) is 11.3 Å². The molecule has 0 saturated carbocycles. The number of rotatable bonds is 9. The number of likely N-dealkylation sites (tertiary alicyclic amines) is 1. The van der Waals surface area contributed by atoms with E-state index in [0.717, 1.165) is 41.7 Å². The van der Waals surface area contributed by atoms with Crippen molar-refractivity contribution in [2.24, 2.45) is 11.1 Å². The summed E-state index contributed by atoms with van der Waals surface area (Å²) in [6, 6.07) is 5.90. The summed E-state index contributed by atoms with van der Waals surface area (Å²) in [7, 11) is 2.22. The van der Waals surface area contributed by atoms with E-state index < -0.39 is 0 Å². The molecule has 0 radical (unpaired) electrons. The van der Waals surface area contributed by atoms with Gasteiger partial charge in [-0.05, 0) is 90.9 Å². The second kappa shape index (κ2) is 12.3. The lowest BCUT2D eigenvalue weighted by atomic mass is 9.93. The number of pyridine rings is 1. The van der Waals surface area contributed by atoms with Crippen LogP contribution in [-0.2, 0) is 16.1 Å². The van der Waals surface area contributed by atoms with E-state index in [9.17, 15) is 4.79 Å². The number of tetrazole rings is 1. The fourth-order valence-electron chi connectivity index (χ4n) is 3.81. The van der Waals surface area contributed by atoms with E-state index in [1.165, 1.54) is 19.4 Å². The van der Waals surface area contributed by atoms with Crippen molar-refractivity contribution in [1.29, 1.82) is 0 Å². The zero-order valence-corrected chi connectivity index (χ0v) is 21.4. The van der Waals surface area contributed by atoms with Gasteiger partial charge in [-0.25, -0.2) is 4.98 Å². The second-order valence-electron chi connectivity index (χ2n) is 9.93. The molecule has 1 atom stereocenters. The lowest BCUT2D eigenvalue weighted by Gasteiger charge is -2.26. The monoisotopic (exact) mass is 478 g/mol. The number of ether oxygens (including phenoxy) is 1. The molecule has 0 aromatic carbocycles. The predicted octanol–water partition coefficient (Wildman–Crippen LogP) is 3.04. The molecule has 0 amide bonds. The average Bonchev–Trinajstić information content (AvgIpc) is 3.34. The van der Waals surface area contributed by atoms with E-state index in [1.54, 1.807) is 0 Å². The van der Waals surface area contributed by atoms with Gasteiger partial charge < -0.3 is 14.5 Å².